The molecule has 4 N–H and O–H groups in total. The van der Waals surface area contributed by atoms with Crippen LogP contribution in [-0.2, 0) is 29.7 Å². The number of nitrogens with zero attached hydrogens (tertiary/aromatic N) is 10. The lowest BCUT2D eigenvalue weighted by molar-refractivity contribution is -0.136. The summed E-state index contributed by atoms with van der Waals surface area (Å²) in [4.78, 5) is 81.5. The van der Waals surface area contributed by atoms with Crippen molar-refractivity contribution in [2.24, 2.45) is 17.3 Å². The number of aryl methyl sites for hydroxylation is 1. The molecule has 6 heterocycles. The average molecular weight is 1130 g/mol. The Labute approximate surface area is 475 Å². The molecule has 1 saturated heterocycles. The molecule has 10 rings (SSSR count). The molecular formula is C60H63N13O6S2. The van der Waals surface area contributed by atoms with Crippen molar-refractivity contribution >= 4 is 62.2 Å². The molecule has 0 unspecified atom stereocenters. The highest BCUT2D eigenvalue weighted by molar-refractivity contribution is 7.13. The second-order valence-corrected chi connectivity index (χ2v) is 22.2. The van der Waals surface area contributed by atoms with Crippen LogP contribution >= 0.6 is 22.7 Å². The Kier molecular flexibility index (Phi) is 17.7. The maximum Gasteiger partial charge on any atom is 0.301 e. The fourth-order valence-electron chi connectivity index (χ4n) is 10.1. The minimum atomic E-state index is -1.16. The summed E-state index contributed by atoms with van der Waals surface area (Å²) in [5, 5.41) is 38.3. The van der Waals surface area contributed by atoms with E-state index in [1.165, 1.54) is 38.2 Å². The van der Waals surface area contributed by atoms with Crippen LogP contribution in [0.15, 0.2) is 152 Å². The smallest absolute Gasteiger partial charge is 0.301 e. The Morgan fingerprint density at radius 3 is 2.21 bits per heavy atom. The van der Waals surface area contributed by atoms with Crippen LogP contribution in [0.4, 0.5) is 10.8 Å². The molecule has 4 aromatic carbocycles. The standard InChI is InChI=1S/C60H63N13O6S2/c1-40(42-15-9-7-10-16-42)35-49(75)71-32-28-60(79,29-33-71)38-72-39-64-51-53(56(72)77)68-70(2)54(51)45-22-20-41(21-23-45)36-63-48(74)19-13-5-3-4-6-14-30-61-55(76)46-26-24-43(25-27-46)47-37-81-59(65-47)73-57(78)52(66-67-58-62-31-34-80-58)50(69-73)44-17-11-8-12-18-44/h7-12,15-18,20-27,31,34,37,39-40,69,79H,3-6,13-14,19,28-30,32-33,35-36,38H2,1-2H3,(H,61,76)(H,63,74)/t40-/m1/s1. The van der Waals surface area contributed by atoms with E-state index in [1.54, 1.807) is 35.4 Å². The van der Waals surface area contributed by atoms with Gasteiger partial charge in [-0.25, -0.2) is 15.0 Å². The summed E-state index contributed by atoms with van der Waals surface area (Å²) < 4.78 is 4.43. The highest BCUT2D eigenvalue weighted by Gasteiger charge is 2.35. The van der Waals surface area contributed by atoms with E-state index in [0.29, 0.717) is 90.3 Å². The van der Waals surface area contributed by atoms with E-state index < -0.39 is 11.2 Å². The number of nitrogens with one attached hydrogen (secondary N) is 3. The van der Waals surface area contributed by atoms with Gasteiger partial charge in [0.2, 0.25) is 22.1 Å². The number of hydrogen-bond acceptors (Lipinski definition) is 14. The second kappa shape index (κ2) is 25.7. The fourth-order valence-corrected chi connectivity index (χ4v) is 11.3. The predicted octanol–water partition coefficient (Wildman–Crippen LogP) is 10.3. The Bertz CT molecular complexity index is 3750. The molecule has 81 heavy (non-hydrogen) atoms. The molecule has 1 aliphatic rings. The number of thiazole rings is 2. The van der Waals surface area contributed by atoms with Crippen LogP contribution in [0.2, 0.25) is 0 Å². The van der Waals surface area contributed by atoms with E-state index in [0.717, 1.165) is 66.3 Å². The summed E-state index contributed by atoms with van der Waals surface area (Å²) in [6.45, 7) is 3.88. The maximum atomic E-state index is 13.7. The van der Waals surface area contributed by atoms with Gasteiger partial charge < -0.3 is 20.6 Å². The molecule has 1 aliphatic heterocycles. The van der Waals surface area contributed by atoms with Gasteiger partial charge in [0, 0.05) is 85.3 Å². The fraction of sp³-hybridized carbons (Fsp3) is 0.317. The molecule has 0 aliphatic carbocycles. The van der Waals surface area contributed by atoms with Crippen LogP contribution in [0.3, 0.4) is 0 Å². The monoisotopic (exact) mass is 1130 g/mol. The Morgan fingerprint density at radius 1 is 0.778 bits per heavy atom. The number of likely N-dealkylation sites (tertiary alicyclic amines) is 1. The Hall–Kier alpha value is -8.53. The SMILES string of the molecule is C[C@H](CC(=O)N1CCC(O)(Cn2cnc3c(-c4ccc(CNC(=O)CCCCCCCCNC(=O)c5ccc(-c6csc(-n7[nH]c(-c8ccccc8)c(N=Nc8nccs8)c7=O)n6)cc5)cc4)n(C)nc3c2=O)CC1)c1ccccc1. The number of H-pyrrole nitrogens is 1. The van der Waals surface area contributed by atoms with Gasteiger partial charge in [0.05, 0.1) is 35.6 Å². The number of carbonyl (C=O) groups excluding carboxylic acids is 3. The number of azo groups is 1. The molecule has 21 heteroatoms. The number of fused-ring (bicyclic) bond motifs is 1. The lowest BCUT2D eigenvalue weighted by atomic mass is 9.90. The number of aliphatic hydroxyl groups is 1. The third-order valence-electron chi connectivity index (χ3n) is 14.7. The van der Waals surface area contributed by atoms with Crippen LogP contribution < -0.4 is 21.8 Å². The summed E-state index contributed by atoms with van der Waals surface area (Å²) in [6, 6.07) is 34.4. The van der Waals surface area contributed by atoms with Crippen LogP contribution in [0, 0.1) is 0 Å². The minimum absolute atomic E-state index is 0.00561. The molecule has 3 amide bonds. The number of piperidine rings is 1. The average Bonchev–Trinajstić information content (AvgIpc) is 4.37. The van der Waals surface area contributed by atoms with Gasteiger partial charge in [-0.2, -0.15) is 9.78 Å². The Balaban J connectivity index is 0.611. The van der Waals surface area contributed by atoms with Crippen LogP contribution in [0.25, 0.3) is 49.9 Å². The first-order chi connectivity index (χ1) is 39.4. The summed E-state index contributed by atoms with van der Waals surface area (Å²) in [6.07, 6.45) is 10.2. The van der Waals surface area contributed by atoms with Crippen LogP contribution in [-0.4, -0.2) is 92.0 Å². The van der Waals surface area contributed by atoms with E-state index in [1.807, 2.05) is 114 Å². The maximum absolute atomic E-state index is 13.7. The topological polar surface area (TPSA) is 240 Å². The number of rotatable bonds is 23. The van der Waals surface area contributed by atoms with Gasteiger partial charge in [-0.15, -0.1) is 32.9 Å². The summed E-state index contributed by atoms with van der Waals surface area (Å²) >= 11 is 2.63. The van der Waals surface area contributed by atoms with Crippen LogP contribution in [0.1, 0.15) is 98.5 Å². The molecule has 416 valence electrons. The largest absolute Gasteiger partial charge is 0.388 e. The number of benzene rings is 4. The van der Waals surface area contributed by atoms with Gasteiger partial charge in [-0.05, 0) is 54.9 Å². The molecular weight excluding hydrogens is 1060 g/mol. The molecule has 0 saturated carbocycles. The zero-order chi connectivity index (χ0) is 56.3. The number of hydrogen-bond donors (Lipinski definition) is 4. The summed E-state index contributed by atoms with van der Waals surface area (Å²) in [5.74, 6) is -0.00380. The highest BCUT2D eigenvalue weighted by Crippen LogP contribution is 2.32. The first-order valence-electron chi connectivity index (χ1n) is 27.3. The van der Waals surface area contributed by atoms with E-state index in [9.17, 15) is 29.1 Å². The van der Waals surface area contributed by atoms with Gasteiger partial charge in [-0.1, -0.05) is 130 Å². The van der Waals surface area contributed by atoms with Gasteiger partial charge >= 0.3 is 5.56 Å². The van der Waals surface area contributed by atoms with E-state index >= 15 is 0 Å². The Morgan fingerprint density at radius 2 is 1.48 bits per heavy atom. The molecule has 19 nitrogen and oxygen atoms in total. The number of amides is 3. The molecule has 1 fully saturated rings. The van der Waals surface area contributed by atoms with Gasteiger partial charge in [-0.3, -0.25) is 38.3 Å². The third kappa shape index (κ3) is 13.6. The molecule has 0 bridgehead atoms. The quantitative estimate of drug-likeness (QED) is 0.0349. The second-order valence-electron chi connectivity index (χ2n) is 20.5. The normalized spacial score (nSPS) is 13.7. The molecule has 0 spiro atoms. The van der Waals surface area contributed by atoms with Crippen molar-refractivity contribution in [2.45, 2.75) is 95.7 Å². The number of aromatic amines is 1. The summed E-state index contributed by atoms with van der Waals surface area (Å²) in [7, 11) is 1.77. The lowest BCUT2D eigenvalue weighted by Gasteiger charge is -2.38. The molecule has 0 radical (unpaired) electrons. The molecule has 1 atom stereocenters. The van der Waals surface area contributed by atoms with Gasteiger partial charge in [0.15, 0.2) is 11.2 Å². The van der Waals surface area contributed by atoms with Crippen molar-refractivity contribution in [1.82, 2.24) is 54.6 Å². The first kappa shape index (κ1) is 55.8. The number of aromatic nitrogens is 8. The van der Waals surface area contributed by atoms with Crippen molar-refractivity contribution < 1.29 is 19.5 Å². The van der Waals surface area contributed by atoms with Crippen molar-refractivity contribution in [3.8, 4) is 38.9 Å². The number of carbonyl (C=O) groups is 3. The van der Waals surface area contributed by atoms with Crippen molar-refractivity contribution in [1.29, 1.82) is 0 Å². The number of unbranched alkanes of at least 4 members (excludes halogenated alkanes) is 5. The lowest BCUT2D eigenvalue weighted by Crippen LogP contribution is -2.49. The van der Waals surface area contributed by atoms with Crippen molar-refractivity contribution in [3.63, 3.8) is 0 Å². The van der Waals surface area contributed by atoms with E-state index in [4.69, 9.17) is 4.98 Å². The van der Waals surface area contributed by atoms with Crippen LogP contribution in [0.5, 0.6) is 0 Å². The van der Waals surface area contributed by atoms with E-state index in [-0.39, 0.29) is 46.9 Å². The zero-order valence-corrected chi connectivity index (χ0v) is 46.8. The summed E-state index contributed by atoms with van der Waals surface area (Å²) in [5.41, 5.74) is 5.80. The van der Waals surface area contributed by atoms with Crippen molar-refractivity contribution in [2.75, 3.05) is 19.6 Å². The first-order valence-corrected chi connectivity index (χ1v) is 29.0. The van der Waals surface area contributed by atoms with Gasteiger partial charge in [0.1, 0.15) is 5.52 Å². The molecule has 9 aromatic rings. The van der Waals surface area contributed by atoms with E-state index in [2.05, 4.69) is 41.0 Å². The third-order valence-corrected chi connectivity index (χ3v) is 16.2. The predicted molar refractivity (Wildman–Crippen MR) is 314 cm³/mol. The highest BCUT2D eigenvalue weighted by atomic mass is 32.1. The zero-order valence-electron chi connectivity index (χ0n) is 45.2. The molecule has 5 aromatic heterocycles. The van der Waals surface area contributed by atoms with Gasteiger partial charge in [0.25, 0.3) is 11.5 Å². The van der Waals surface area contributed by atoms with Crippen molar-refractivity contribution in [3.05, 3.63) is 170 Å². The minimum Gasteiger partial charge on any atom is -0.388 e.